The van der Waals surface area contributed by atoms with Crippen molar-refractivity contribution in [3.05, 3.63) is 108 Å². The van der Waals surface area contributed by atoms with Crippen LogP contribution < -0.4 is 0 Å². The summed E-state index contributed by atoms with van der Waals surface area (Å²) in [7, 11) is 0. The second-order valence-electron chi connectivity index (χ2n) is 8.86. The molecule has 186 valence electrons. The van der Waals surface area contributed by atoms with Gasteiger partial charge < -0.3 is 18.9 Å². The van der Waals surface area contributed by atoms with Gasteiger partial charge in [0.25, 0.3) is 0 Å². The highest BCUT2D eigenvalue weighted by Gasteiger charge is 2.46. The van der Waals surface area contributed by atoms with E-state index in [1.165, 1.54) is 0 Å². The summed E-state index contributed by atoms with van der Waals surface area (Å²) in [6.07, 6.45) is 0.185. The normalized spacial score (nSPS) is 24.3. The molecular weight excluding hydrogens is 456 g/mol. The lowest BCUT2D eigenvalue weighted by Gasteiger charge is -2.45. The molecule has 0 N–H and O–H groups in total. The summed E-state index contributed by atoms with van der Waals surface area (Å²) < 4.78 is 26.2. The van der Waals surface area contributed by atoms with Gasteiger partial charge >= 0.3 is 0 Å². The molecule has 1 aliphatic rings. The number of hydrogen-bond acceptors (Lipinski definition) is 5. The summed E-state index contributed by atoms with van der Waals surface area (Å²) in [5, 5.41) is 0. The van der Waals surface area contributed by atoms with Crippen LogP contribution in [-0.2, 0) is 38.8 Å². The molecule has 1 heterocycles. The van der Waals surface area contributed by atoms with Crippen molar-refractivity contribution < 1.29 is 18.9 Å². The third-order valence-corrected chi connectivity index (χ3v) is 7.42. The van der Waals surface area contributed by atoms with E-state index < -0.39 is 0 Å². The average Bonchev–Trinajstić information content (AvgIpc) is 2.91. The molecule has 0 spiro atoms. The summed E-state index contributed by atoms with van der Waals surface area (Å²) in [5.41, 5.74) is 3.28. The number of hydrogen-bond donors (Lipinski definition) is 0. The van der Waals surface area contributed by atoms with Gasteiger partial charge in [0, 0.05) is 0 Å². The van der Waals surface area contributed by atoms with E-state index in [0.29, 0.717) is 19.8 Å². The third kappa shape index (κ3) is 7.66. The van der Waals surface area contributed by atoms with Crippen LogP contribution in [0.2, 0.25) is 0 Å². The van der Waals surface area contributed by atoms with Gasteiger partial charge in [-0.3, -0.25) is 0 Å². The first-order chi connectivity index (χ1) is 17.2. The van der Waals surface area contributed by atoms with Crippen molar-refractivity contribution in [3.63, 3.8) is 0 Å². The second kappa shape index (κ2) is 13.8. The van der Waals surface area contributed by atoms with Gasteiger partial charge in [0.1, 0.15) is 23.7 Å². The maximum Gasteiger partial charge on any atom is 0.132 e. The van der Waals surface area contributed by atoms with Gasteiger partial charge in [0.15, 0.2) is 0 Å². The zero-order chi connectivity index (χ0) is 24.3. The predicted octanol–water partition coefficient (Wildman–Crippen LogP) is 6.63. The maximum atomic E-state index is 6.61. The summed E-state index contributed by atoms with van der Waals surface area (Å²) >= 11 is 1.80. The van der Waals surface area contributed by atoms with Crippen molar-refractivity contribution in [3.8, 4) is 0 Å². The van der Waals surface area contributed by atoms with E-state index in [9.17, 15) is 0 Å². The molecule has 0 saturated carbocycles. The van der Waals surface area contributed by atoms with Gasteiger partial charge in [-0.15, -0.1) is 11.8 Å². The minimum Gasteiger partial charge on any atom is -0.368 e. The van der Waals surface area contributed by atoms with E-state index in [4.69, 9.17) is 18.9 Å². The van der Waals surface area contributed by atoms with Crippen molar-refractivity contribution in [2.45, 2.75) is 69.9 Å². The molecule has 5 unspecified atom stereocenters. The van der Waals surface area contributed by atoms with Crippen molar-refractivity contribution in [1.82, 2.24) is 0 Å². The summed E-state index contributed by atoms with van der Waals surface area (Å²) in [5.74, 6) is 1.00. The highest BCUT2D eigenvalue weighted by molar-refractivity contribution is 7.99. The van der Waals surface area contributed by atoms with Crippen LogP contribution in [0.5, 0.6) is 0 Å². The molecule has 3 aromatic rings. The van der Waals surface area contributed by atoms with Gasteiger partial charge in [-0.2, -0.15) is 0 Å². The molecule has 4 nitrogen and oxygen atoms in total. The summed E-state index contributed by atoms with van der Waals surface area (Å²) in [4.78, 5) is 0. The maximum absolute atomic E-state index is 6.61. The fourth-order valence-electron chi connectivity index (χ4n) is 4.24. The van der Waals surface area contributed by atoms with Crippen LogP contribution in [-0.4, -0.2) is 35.6 Å². The summed E-state index contributed by atoms with van der Waals surface area (Å²) in [6, 6.07) is 30.8. The molecule has 4 rings (SSSR count). The molecular formula is C30H36O4S. The molecule has 0 aromatic heterocycles. The first kappa shape index (κ1) is 25.9. The van der Waals surface area contributed by atoms with E-state index >= 15 is 0 Å². The molecule has 5 atom stereocenters. The second-order valence-corrected chi connectivity index (χ2v) is 10.1. The lowest BCUT2D eigenvalue weighted by atomic mass is 9.99. The predicted molar refractivity (Wildman–Crippen MR) is 142 cm³/mol. The first-order valence-electron chi connectivity index (χ1n) is 12.5. The zero-order valence-corrected chi connectivity index (χ0v) is 21.4. The standard InChI is InChI=1S/C30H36O4S/c1-3-19-35-30-29(33-22-26-17-11-6-12-18-26)28(32-21-25-15-9-5-10-16-25)27(23(2)34-30)31-20-24-13-7-4-8-14-24/h4-18,23,27-30H,3,19-22H2,1-2H3. The van der Waals surface area contributed by atoms with E-state index in [1.807, 2.05) is 54.6 Å². The lowest BCUT2D eigenvalue weighted by molar-refractivity contribution is -0.242. The van der Waals surface area contributed by atoms with Gasteiger partial charge in [0.05, 0.1) is 25.9 Å². The van der Waals surface area contributed by atoms with Crippen LogP contribution in [0.3, 0.4) is 0 Å². The van der Waals surface area contributed by atoms with Gasteiger partial charge in [-0.05, 0) is 35.8 Å². The first-order valence-corrected chi connectivity index (χ1v) is 13.5. The Morgan fingerprint density at radius 2 is 1.06 bits per heavy atom. The highest BCUT2D eigenvalue weighted by Crippen LogP contribution is 2.35. The number of benzene rings is 3. The monoisotopic (exact) mass is 492 g/mol. The van der Waals surface area contributed by atoms with Crippen LogP contribution in [0.15, 0.2) is 91.0 Å². The fraction of sp³-hybridized carbons (Fsp3) is 0.400. The summed E-state index contributed by atoms with van der Waals surface area (Å²) in [6.45, 7) is 5.78. The Morgan fingerprint density at radius 3 is 1.51 bits per heavy atom. The van der Waals surface area contributed by atoms with E-state index in [2.05, 4.69) is 50.2 Å². The highest BCUT2D eigenvalue weighted by atomic mass is 32.2. The Hall–Kier alpha value is -2.15. The van der Waals surface area contributed by atoms with Crippen LogP contribution in [0, 0.1) is 0 Å². The minimum atomic E-state index is -0.263. The molecule has 0 radical (unpaired) electrons. The largest absolute Gasteiger partial charge is 0.368 e. The van der Waals surface area contributed by atoms with Gasteiger partial charge in [-0.25, -0.2) is 0 Å². The van der Waals surface area contributed by atoms with Crippen LogP contribution in [0.25, 0.3) is 0 Å². The van der Waals surface area contributed by atoms with E-state index in [1.54, 1.807) is 11.8 Å². The Bertz CT molecular complexity index is 969. The molecule has 1 aliphatic heterocycles. The Morgan fingerprint density at radius 1 is 0.629 bits per heavy atom. The molecule has 0 aliphatic carbocycles. The van der Waals surface area contributed by atoms with Gasteiger partial charge in [-0.1, -0.05) is 97.9 Å². The van der Waals surface area contributed by atoms with Gasteiger partial charge in [0.2, 0.25) is 0 Å². The molecule has 35 heavy (non-hydrogen) atoms. The Kier molecular flexibility index (Phi) is 10.2. The van der Waals surface area contributed by atoms with Crippen molar-refractivity contribution in [2.75, 3.05) is 5.75 Å². The van der Waals surface area contributed by atoms with Crippen LogP contribution in [0.4, 0.5) is 0 Å². The van der Waals surface area contributed by atoms with Crippen molar-refractivity contribution >= 4 is 11.8 Å². The Labute approximate surface area is 213 Å². The van der Waals surface area contributed by atoms with Crippen molar-refractivity contribution in [1.29, 1.82) is 0 Å². The van der Waals surface area contributed by atoms with E-state index in [-0.39, 0.29) is 29.9 Å². The third-order valence-electron chi connectivity index (χ3n) is 6.07. The average molecular weight is 493 g/mol. The number of thioether (sulfide) groups is 1. The minimum absolute atomic E-state index is 0.119. The topological polar surface area (TPSA) is 36.9 Å². The molecule has 0 amide bonds. The smallest absolute Gasteiger partial charge is 0.132 e. The molecule has 1 saturated heterocycles. The SMILES string of the molecule is CCCSC1OC(C)C(OCc2ccccc2)C(OCc2ccccc2)C1OCc1ccccc1. The van der Waals surface area contributed by atoms with Crippen LogP contribution >= 0.6 is 11.8 Å². The molecule has 0 bridgehead atoms. The molecule has 3 aromatic carbocycles. The number of ether oxygens (including phenoxy) is 4. The fourth-order valence-corrected chi connectivity index (χ4v) is 5.38. The zero-order valence-electron chi connectivity index (χ0n) is 20.6. The van der Waals surface area contributed by atoms with Crippen molar-refractivity contribution in [2.24, 2.45) is 0 Å². The number of rotatable bonds is 12. The lowest BCUT2D eigenvalue weighted by Crippen LogP contribution is -2.58. The quantitative estimate of drug-likeness (QED) is 0.284. The Balaban J connectivity index is 1.55. The van der Waals surface area contributed by atoms with E-state index in [0.717, 1.165) is 28.9 Å². The molecule has 5 heteroatoms. The molecule has 1 fully saturated rings. The van der Waals surface area contributed by atoms with Crippen LogP contribution in [0.1, 0.15) is 37.0 Å².